The molecule has 2 heterocycles. The molecule has 0 saturated carbocycles. The van der Waals surface area contributed by atoms with Gasteiger partial charge < -0.3 is 16.0 Å². The van der Waals surface area contributed by atoms with E-state index < -0.39 is 34.7 Å². The second kappa shape index (κ2) is 6.90. The van der Waals surface area contributed by atoms with Crippen LogP contribution in [-0.4, -0.2) is 52.0 Å². The Kier molecular flexibility index (Phi) is 4.96. The normalized spacial score (nSPS) is 27.3. The first-order valence-electron chi connectivity index (χ1n) is 8.13. The van der Waals surface area contributed by atoms with Crippen LogP contribution in [0.3, 0.4) is 0 Å². The molecule has 1 aromatic carbocycles. The van der Waals surface area contributed by atoms with Crippen LogP contribution in [0.15, 0.2) is 30.3 Å². The van der Waals surface area contributed by atoms with E-state index >= 15 is 0 Å². The van der Waals surface area contributed by atoms with Crippen molar-refractivity contribution in [2.45, 2.75) is 42.1 Å². The number of hydrogen-bond acceptors (Lipinski definition) is 7. The minimum absolute atomic E-state index is 0.334. The fourth-order valence-electron chi connectivity index (χ4n) is 3.31. The molecule has 26 heavy (non-hydrogen) atoms. The predicted molar refractivity (Wildman–Crippen MR) is 94.5 cm³/mol. The van der Waals surface area contributed by atoms with Crippen LogP contribution in [0.25, 0.3) is 0 Å². The van der Waals surface area contributed by atoms with Crippen LogP contribution >= 0.6 is 11.8 Å². The van der Waals surface area contributed by atoms with Gasteiger partial charge in [-0.3, -0.25) is 14.5 Å². The maximum atomic E-state index is 12.6. The molecule has 0 aliphatic carbocycles. The largest absolute Gasteiger partial charge is 0.366 e. The van der Waals surface area contributed by atoms with Crippen molar-refractivity contribution in [3.63, 3.8) is 0 Å². The molecule has 9 heteroatoms. The third kappa shape index (κ3) is 3.06. The summed E-state index contributed by atoms with van der Waals surface area (Å²) in [6, 6.07) is 6.56. The van der Waals surface area contributed by atoms with Crippen LogP contribution in [0.5, 0.6) is 0 Å². The molecule has 2 aliphatic heterocycles. The van der Waals surface area contributed by atoms with Crippen molar-refractivity contribution < 1.29 is 24.2 Å². The molecule has 0 bridgehead atoms. The number of carbonyl (C=O) groups is 3. The Hall–Kier alpha value is -2.10. The summed E-state index contributed by atoms with van der Waals surface area (Å²) in [4.78, 5) is 47.6. The second-order valence-electron chi connectivity index (χ2n) is 6.70. The van der Waals surface area contributed by atoms with Gasteiger partial charge in [0.1, 0.15) is 23.5 Å². The first-order chi connectivity index (χ1) is 12.3. The molecule has 1 aromatic rings. The van der Waals surface area contributed by atoms with Crippen LogP contribution in [0, 0.1) is 0 Å². The number of fused-ring (bicyclic) bond motifs is 1. The van der Waals surface area contributed by atoms with Gasteiger partial charge in [0.05, 0.1) is 7.11 Å². The van der Waals surface area contributed by atoms with Gasteiger partial charge in [-0.1, -0.05) is 30.3 Å². The number of β-lactam (4-membered cyclic amide) rings is 1. The summed E-state index contributed by atoms with van der Waals surface area (Å²) >= 11 is 1.43. The van der Waals surface area contributed by atoms with E-state index in [2.05, 4.69) is 15.1 Å². The van der Waals surface area contributed by atoms with E-state index in [-0.39, 0.29) is 11.3 Å². The standard InChI is InChI=1S/C17H21N3O5S/c1-17(2)12(16(23)25-24-3)20-14(22)11(15(20)26-17)19-13(21)10(18)9-7-5-4-6-8-9/h4-8,10-12,15H,18H2,1-3H3,(H,19,21)/t10-,11-,12+,15?/m0/s1. The molecule has 0 spiro atoms. The highest BCUT2D eigenvalue weighted by atomic mass is 32.2. The van der Waals surface area contributed by atoms with Gasteiger partial charge in [0.15, 0.2) is 0 Å². The smallest absolute Gasteiger partial charge is 0.340 e. The summed E-state index contributed by atoms with van der Waals surface area (Å²) in [5, 5.41) is 2.36. The van der Waals surface area contributed by atoms with Gasteiger partial charge in [-0.05, 0) is 19.4 Å². The lowest BCUT2D eigenvalue weighted by Gasteiger charge is -2.44. The Morgan fingerprint density at radius 1 is 1.31 bits per heavy atom. The minimum Gasteiger partial charge on any atom is -0.340 e. The number of thioether (sulfide) groups is 1. The van der Waals surface area contributed by atoms with Gasteiger partial charge >= 0.3 is 5.97 Å². The van der Waals surface area contributed by atoms with Crippen molar-refractivity contribution >= 4 is 29.5 Å². The molecule has 3 N–H and O–H groups in total. The molecule has 0 radical (unpaired) electrons. The van der Waals surface area contributed by atoms with Gasteiger partial charge in [-0.2, -0.15) is 4.89 Å². The van der Waals surface area contributed by atoms with Crippen LogP contribution in [-0.2, 0) is 24.2 Å². The van der Waals surface area contributed by atoms with E-state index in [9.17, 15) is 14.4 Å². The third-order valence-electron chi connectivity index (χ3n) is 4.57. The number of rotatable bonds is 5. The highest BCUT2D eigenvalue weighted by molar-refractivity contribution is 8.01. The Morgan fingerprint density at radius 3 is 2.58 bits per heavy atom. The average molecular weight is 379 g/mol. The number of hydrogen-bond donors (Lipinski definition) is 2. The lowest BCUT2D eigenvalue weighted by Crippen LogP contribution is -2.71. The van der Waals surface area contributed by atoms with Crippen molar-refractivity contribution in [1.29, 1.82) is 0 Å². The molecular weight excluding hydrogens is 358 g/mol. The van der Waals surface area contributed by atoms with Crippen molar-refractivity contribution in [3.05, 3.63) is 35.9 Å². The van der Waals surface area contributed by atoms with Gasteiger partial charge in [0.2, 0.25) is 11.8 Å². The van der Waals surface area contributed by atoms with E-state index in [1.165, 1.54) is 23.8 Å². The quantitative estimate of drug-likeness (QED) is 0.431. The molecule has 140 valence electrons. The van der Waals surface area contributed by atoms with E-state index in [0.717, 1.165) is 0 Å². The molecular formula is C17H21N3O5S. The Morgan fingerprint density at radius 2 is 1.96 bits per heavy atom. The maximum absolute atomic E-state index is 12.6. The van der Waals surface area contributed by atoms with Crippen molar-refractivity contribution in [2.24, 2.45) is 5.73 Å². The molecule has 1 unspecified atom stereocenters. The first-order valence-corrected chi connectivity index (χ1v) is 9.01. The lowest BCUT2D eigenvalue weighted by molar-refractivity contribution is -0.260. The molecule has 2 fully saturated rings. The maximum Gasteiger partial charge on any atom is 0.366 e. The molecule has 3 rings (SSSR count). The van der Waals surface area contributed by atoms with Crippen LogP contribution in [0.1, 0.15) is 25.5 Å². The zero-order valence-electron chi connectivity index (χ0n) is 14.7. The van der Waals surface area contributed by atoms with Crippen LogP contribution in [0.4, 0.5) is 0 Å². The van der Waals surface area contributed by atoms with Gasteiger partial charge in [0.25, 0.3) is 0 Å². The molecule has 8 nitrogen and oxygen atoms in total. The van der Waals surface area contributed by atoms with E-state index in [0.29, 0.717) is 5.56 Å². The third-order valence-corrected chi connectivity index (χ3v) is 6.14. The number of benzene rings is 1. The highest BCUT2D eigenvalue weighted by Gasteiger charge is 2.64. The van der Waals surface area contributed by atoms with Crippen molar-refractivity contribution in [2.75, 3.05) is 7.11 Å². The lowest BCUT2D eigenvalue weighted by atomic mass is 9.95. The number of carbonyl (C=O) groups excluding carboxylic acids is 3. The number of nitrogens with zero attached hydrogens (tertiary/aromatic N) is 1. The predicted octanol–water partition coefficient (Wildman–Crippen LogP) is 0.338. The van der Waals surface area contributed by atoms with Crippen molar-refractivity contribution in [3.8, 4) is 0 Å². The first kappa shape index (κ1) is 18.7. The Bertz CT molecular complexity index is 726. The number of nitrogens with two attached hydrogens (primary N) is 1. The number of nitrogens with one attached hydrogen (secondary N) is 1. The van der Waals surface area contributed by atoms with E-state index in [1.807, 2.05) is 19.9 Å². The Balaban J connectivity index is 1.70. The molecule has 4 atom stereocenters. The Labute approximate surface area is 155 Å². The molecule has 2 amide bonds. The van der Waals surface area contributed by atoms with Crippen LogP contribution < -0.4 is 11.1 Å². The summed E-state index contributed by atoms with van der Waals surface area (Å²) < 4.78 is -0.572. The van der Waals surface area contributed by atoms with Crippen molar-refractivity contribution in [1.82, 2.24) is 10.2 Å². The summed E-state index contributed by atoms with van der Waals surface area (Å²) in [7, 11) is 1.23. The molecule has 2 saturated heterocycles. The summed E-state index contributed by atoms with van der Waals surface area (Å²) in [5.74, 6) is -1.40. The molecule has 2 aliphatic rings. The minimum atomic E-state index is -0.869. The van der Waals surface area contributed by atoms with Crippen LogP contribution in [0.2, 0.25) is 0 Å². The fraction of sp³-hybridized carbons (Fsp3) is 0.471. The monoisotopic (exact) mass is 379 g/mol. The fourth-order valence-corrected chi connectivity index (χ4v) is 4.93. The second-order valence-corrected chi connectivity index (χ2v) is 8.47. The van der Waals surface area contributed by atoms with Gasteiger partial charge in [-0.25, -0.2) is 4.79 Å². The van der Waals surface area contributed by atoms with Gasteiger partial charge in [-0.15, -0.1) is 11.8 Å². The number of amides is 2. The average Bonchev–Trinajstić information content (AvgIpc) is 2.87. The van der Waals surface area contributed by atoms with E-state index in [4.69, 9.17) is 5.73 Å². The summed E-state index contributed by atoms with van der Waals surface area (Å²) in [6.45, 7) is 3.69. The topological polar surface area (TPSA) is 111 Å². The SMILES string of the molecule is COOC(=O)[C@H]1N2C(=O)[C@H](NC(=O)[C@@H](N)c3ccccc3)C2SC1(C)C. The zero-order chi connectivity index (χ0) is 19.1. The highest BCUT2D eigenvalue weighted by Crippen LogP contribution is 2.51. The summed E-state index contributed by atoms with van der Waals surface area (Å²) in [5.41, 5.74) is 6.64. The van der Waals surface area contributed by atoms with E-state index in [1.54, 1.807) is 24.3 Å². The molecule has 0 aromatic heterocycles. The van der Waals surface area contributed by atoms with Gasteiger partial charge in [0, 0.05) is 4.75 Å². The summed E-state index contributed by atoms with van der Waals surface area (Å²) in [6.07, 6.45) is 0. The zero-order valence-corrected chi connectivity index (χ0v) is 15.5.